The van der Waals surface area contributed by atoms with Gasteiger partial charge in [0.1, 0.15) is 23.3 Å². The van der Waals surface area contributed by atoms with E-state index in [1.54, 1.807) is 11.9 Å². The summed E-state index contributed by atoms with van der Waals surface area (Å²) in [7, 11) is 3.56. The van der Waals surface area contributed by atoms with Gasteiger partial charge in [-0.3, -0.25) is 4.79 Å². The summed E-state index contributed by atoms with van der Waals surface area (Å²) in [6.07, 6.45) is 11.4. The van der Waals surface area contributed by atoms with Crippen molar-refractivity contribution in [1.29, 1.82) is 0 Å². The molecule has 6 nitrogen and oxygen atoms in total. The van der Waals surface area contributed by atoms with Crippen LogP contribution in [0.15, 0.2) is 18.2 Å². The van der Waals surface area contributed by atoms with Crippen LogP contribution in [0.4, 0.5) is 0 Å². The van der Waals surface area contributed by atoms with E-state index in [1.165, 1.54) is 51.4 Å². The van der Waals surface area contributed by atoms with Gasteiger partial charge in [0.2, 0.25) is 0 Å². The Morgan fingerprint density at radius 1 is 1.03 bits per heavy atom. The summed E-state index contributed by atoms with van der Waals surface area (Å²) in [5, 5.41) is 9.18. The normalized spacial score (nSPS) is 39.9. The minimum Gasteiger partial charge on any atom is -0.497 e. The van der Waals surface area contributed by atoms with Gasteiger partial charge in [0.15, 0.2) is 5.78 Å². The van der Waals surface area contributed by atoms with Crippen LogP contribution in [-0.2, 0) is 16.1 Å². The van der Waals surface area contributed by atoms with Gasteiger partial charge >= 0.3 is 0 Å². The predicted octanol–water partition coefficient (Wildman–Crippen LogP) is 5.93. The molecule has 0 N–H and O–H groups in total. The fourth-order valence-electron chi connectivity index (χ4n) is 9.73. The molecule has 1 heterocycles. The lowest BCUT2D eigenvalue weighted by atomic mass is 9.44. The lowest BCUT2D eigenvalue weighted by Gasteiger charge is -2.61. The SMILES string of the molecule is COCC12CC[C@H](C)CC1CCC1C3CCC(C(=O)Cn4nc5ccc(OC)cc5n4)C3(C)CCC12. The highest BCUT2D eigenvalue weighted by molar-refractivity contribution is 5.82. The van der Waals surface area contributed by atoms with E-state index in [1.807, 2.05) is 25.3 Å². The summed E-state index contributed by atoms with van der Waals surface area (Å²) >= 11 is 0. The molecule has 6 heteroatoms. The highest BCUT2D eigenvalue weighted by Gasteiger charge is 2.62. The molecule has 1 aromatic heterocycles. The molecule has 0 radical (unpaired) electrons. The van der Waals surface area contributed by atoms with E-state index in [0.717, 1.165) is 53.5 Å². The van der Waals surface area contributed by atoms with E-state index < -0.39 is 0 Å². The fraction of sp³-hybridized carbons (Fsp3) is 0.767. The van der Waals surface area contributed by atoms with E-state index in [4.69, 9.17) is 9.47 Å². The maximum Gasteiger partial charge on any atom is 0.159 e. The number of ether oxygens (including phenoxy) is 2. The number of methoxy groups -OCH3 is 2. The number of hydrogen-bond acceptors (Lipinski definition) is 5. The van der Waals surface area contributed by atoms with Crippen molar-refractivity contribution >= 4 is 16.8 Å². The lowest BCUT2D eigenvalue weighted by Crippen LogP contribution is -2.56. The van der Waals surface area contributed by atoms with Crippen LogP contribution >= 0.6 is 0 Å². The van der Waals surface area contributed by atoms with Gasteiger partial charge in [-0.1, -0.05) is 20.3 Å². The van der Waals surface area contributed by atoms with Crippen LogP contribution in [0.25, 0.3) is 11.0 Å². The Bertz CT molecular complexity index is 1130. The Kier molecular flexibility index (Phi) is 6.17. The highest BCUT2D eigenvalue weighted by atomic mass is 16.5. The minimum atomic E-state index is 0.108. The monoisotopic (exact) mass is 493 g/mol. The number of nitrogens with zero attached hydrogens (tertiary/aromatic N) is 3. The molecule has 4 aliphatic carbocycles. The van der Waals surface area contributed by atoms with E-state index in [9.17, 15) is 4.79 Å². The molecule has 4 fully saturated rings. The number of Topliss-reactive ketones (excluding diaryl/α,β-unsaturated/α-hetero) is 1. The molecular weight excluding hydrogens is 450 g/mol. The predicted molar refractivity (Wildman–Crippen MR) is 140 cm³/mol. The molecular formula is C30H43N3O3. The molecule has 0 aliphatic heterocycles. The second kappa shape index (κ2) is 9.11. The van der Waals surface area contributed by atoms with Crippen molar-refractivity contribution in [3.8, 4) is 5.75 Å². The zero-order valence-corrected chi connectivity index (χ0v) is 22.5. The van der Waals surface area contributed by atoms with Crippen molar-refractivity contribution in [3.63, 3.8) is 0 Å². The van der Waals surface area contributed by atoms with Gasteiger partial charge in [0, 0.05) is 19.1 Å². The Balaban J connectivity index is 1.21. The summed E-state index contributed by atoms with van der Waals surface area (Å²) < 4.78 is 11.3. The topological polar surface area (TPSA) is 66.2 Å². The number of ketones is 1. The average Bonchev–Trinajstić information content (AvgIpc) is 3.43. The van der Waals surface area contributed by atoms with E-state index in [-0.39, 0.29) is 17.9 Å². The van der Waals surface area contributed by atoms with Crippen molar-refractivity contribution in [2.24, 2.45) is 46.3 Å². The first-order chi connectivity index (χ1) is 17.4. The molecule has 196 valence electrons. The summed E-state index contributed by atoms with van der Waals surface area (Å²) in [5.41, 5.74) is 2.06. The Morgan fingerprint density at radius 3 is 2.67 bits per heavy atom. The van der Waals surface area contributed by atoms with Gasteiger partial charge in [0.05, 0.1) is 13.7 Å². The van der Waals surface area contributed by atoms with Crippen molar-refractivity contribution in [3.05, 3.63) is 18.2 Å². The second-order valence-electron chi connectivity index (χ2n) is 12.9. The molecule has 0 amide bonds. The Morgan fingerprint density at radius 2 is 1.86 bits per heavy atom. The summed E-state index contributed by atoms with van der Waals surface area (Å²) in [4.78, 5) is 15.3. The fourth-order valence-corrected chi connectivity index (χ4v) is 9.73. The van der Waals surface area contributed by atoms with Crippen molar-refractivity contribution < 1.29 is 14.3 Å². The van der Waals surface area contributed by atoms with Crippen LogP contribution in [0, 0.1) is 46.3 Å². The molecule has 0 spiro atoms. The lowest BCUT2D eigenvalue weighted by molar-refractivity contribution is -0.154. The minimum absolute atomic E-state index is 0.108. The zero-order valence-electron chi connectivity index (χ0n) is 22.5. The van der Waals surface area contributed by atoms with E-state index in [0.29, 0.717) is 17.1 Å². The average molecular weight is 494 g/mol. The molecule has 7 unspecified atom stereocenters. The molecule has 8 atom stereocenters. The van der Waals surface area contributed by atoms with Gasteiger partial charge in [-0.25, -0.2) is 0 Å². The molecule has 4 aliphatic rings. The van der Waals surface area contributed by atoms with Gasteiger partial charge < -0.3 is 9.47 Å². The first-order valence-electron chi connectivity index (χ1n) is 14.3. The molecule has 1 aromatic carbocycles. The third kappa shape index (κ3) is 3.73. The van der Waals surface area contributed by atoms with Crippen molar-refractivity contribution in [1.82, 2.24) is 15.0 Å². The number of fused-ring (bicyclic) bond motifs is 6. The molecule has 2 aromatic rings. The summed E-state index contributed by atoms with van der Waals surface area (Å²) in [6.45, 7) is 6.09. The van der Waals surface area contributed by atoms with Crippen molar-refractivity contribution in [2.45, 2.75) is 78.2 Å². The molecule has 4 saturated carbocycles. The van der Waals surface area contributed by atoms with Gasteiger partial charge in [-0.2, -0.15) is 15.0 Å². The first-order valence-corrected chi connectivity index (χ1v) is 14.3. The first kappa shape index (κ1) is 24.4. The largest absolute Gasteiger partial charge is 0.497 e. The number of carbonyl (C=O) groups is 1. The van der Waals surface area contributed by atoms with Crippen molar-refractivity contribution in [2.75, 3.05) is 20.8 Å². The van der Waals surface area contributed by atoms with Crippen LogP contribution < -0.4 is 4.74 Å². The maximum atomic E-state index is 13.7. The van der Waals surface area contributed by atoms with E-state index >= 15 is 0 Å². The van der Waals surface area contributed by atoms with Crippen LogP contribution in [0.5, 0.6) is 5.75 Å². The summed E-state index contributed by atoms with van der Waals surface area (Å²) in [6, 6.07) is 5.69. The standard InChI is InChI=1S/C30H43N3O3/c1-19-11-14-30(18-35-3)20(15-19)5-7-22-23-8-9-25(29(23,2)13-12-24(22)30)28(34)17-33-31-26-10-6-21(36-4)16-27(26)32-33/h6,10,16,19-20,22-25H,5,7-9,11-15,17-18H2,1-4H3/t19-,20?,22?,23?,24?,25?,29?,30?/m0/s1. The Labute approximate surface area is 215 Å². The third-order valence-corrected chi connectivity index (χ3v) is 11.4. The highest BCUT2D eigenvalue weighted by Crippen LogP contribution is 2.68. The smallest absolute Gasteiger partial charge is 0.159 e. The van der Waals surface area contributed by atoms with Gasteiger partial charge in [-0.05, 0) is 104 Å². The molecule has 36 heavy (non-hydrogen) atoms. The second-order valence-corrected chi connectivity index (χ2v) is 12.9. The number of hydrogen-bond donors (Lipinski definition) is 0. The Hall–Kier alpha value is -1.95. The molecule has 0 saturated heterocycles. The van der Waals surface area contributed by atoms with Gasteiger partial charge in [-0.15, -0.1) is 0 Å². The number of rotatable bonds is 6. The zero-order chi connectivity index (χ0) is 25.1. The van der Waals surface area contributed by atoms with Crippen LogP contribution in [0.2, 0.25) is 0 Å². The molecule has 6 rings (SSSR count). The van der Waals surface area contributed by atoms with Crippen LogP contribution in [0.3, 0.4) is 0 Å². The van der Waals surface area contributed by atoms with Gasteiger partial charge in [0.25, 0.3) is 0 Å². The maximum absolute atomic E-state index is 13.7. The number of benzene rings is 1. The number of carbonyl (C=O) groups excluding carboxylic acids is 1. The van der Waals surface area contributed by atoms with E-state index in [2.05, 4.69) is 24.0 Å². The summed E-state index contributed by atoms with van der Waals surface area (Å²) in [5.74, 6) is 5.05. The number of aromatic nitrogens is 3. The third-order valence-electron chi connectivity index (χ3n) is 11.4. The quantitative estimate of drug-likeness (QED) is 0.499. The van der Waals surface area contributed by atoms with Crippen LogP contribution in [-0.4, -0.2) is 41.6 Å². The molecule has 0 bridgehead atoms. The van der Waals surface area contributed by atoms with Crippen LogP contribution in [0.1, 0.15) is 71.6 Å².